The van der Waals surface area contributed by atoms with E-state index in [0.717, 1.165) is 26.0 Å². The summed E-state index contributed by atoms with van der Waals surface area (Å²) in [4.78, 5) is 25.4. The molecule has 0 spiro atoms. The fourth-order valence-corrected chi connectivity index (χ4v) is 4.04. The third-order valence-corrected chi connectivity index (χ3v) is 6.28. The fraction of sp³-hybridized carbons (Fsp3) is 0.400. The molecule has 0 radical (unpaired) electrons. The lowest BCUT2D eigenvalue weighted by atomic mass is 10.0. The van der Waals surface area contributed by atoms with Crippen LogP contribution in [0, 0.1) is 20.8 Å². The first-order chi connectivity index (χ1) is 12.6. The van der Waals surface area contributed by atoms with Crippen LogP contribution in [0.1, 0.15) is 51.7 Å². The van der Waals surface area contributed by atoms with Crippen LogP contribution in [0.5, 0.6) is 5.75 Å². The number of hydrogen-bond acceptors (Lipinski definition) is 5. The molecule has 0 bridgehead atoms. The molecule has 146 valence electrons. The molecular formula is C20H24BrNO4S. The van der Waals surface area contributed by atoms with Crippen LogP contribution in [0.15, 0.2) is 16.6 Å². The van der Waals surface area contributed by atoms with Gasteiger partial charge in [0.1, 0.15) is 10.8 Å². The maximum Gasteiger partial charge on any atom is 0.341 e. The third-order valence-electron chi connectivity index (χ3n) is 4.30. The van der Waals surface area contributed by atoms with Crippen LogP contribution in [-0.2, 0) is 9.53 Å². The van der Waals surface area contributed by atoms with Crippen LogP contribution in [0.2, 0.25) is 0 Å². The number of halogens is 1. The monoisotopic (exact) mass is 453 g/mol. The predicted molar refractivity (Wildman–Crippen MR) is 112 cm³/mol. The second-order valence-electron chi connectivity index (χ2n) is 6.61. The highest BCUT2D eigenvalue weighted by Gasteiger charge is 2.22. The Bertz CT molecular complexity index is 873. The van der Waals surface area contributed by atoms with Gasteiger partial charge in [-0.3, -0.25) is 4.79 Å². The summed E-state index contributed by atoms with van der Waals surface area (Å²) in [7, 11) is 1.33. The SMILES string of the molecule is COC(=O)c1c(NC(=O)COc2cc(C)c(Br)cc2C(C)C)sc(C)c1C. The number of anilines is 1. The smallest absolute Gasteiger partial charge is 0.341 e. The average Bonchev–Trinajstić information content (AvgIpc) is 2.88. The predicted octanol–water partition coefficient (Wildman–Crippen LogP) is 5.36. The molecule has 0 aliphatic rings. The van der Waals surface area contributed by atoms with Crippen molar-refractivity contribution in [3.8, 4) is 5.75 Å². The molecule has 27 heavy (non-hydrogen) atoms. The van der Waals surface area contributed by atoms with Gasteiger partial charge in [-0.2, -0.15) is 0 Å². The summed E-state index contributed by atoms with van der Waals surface area (Å²) >= 11 is 4.89. The minimum Gasteiger partial charge on any atom is -0.483 e. The fourth-order valence-electron chi connectivity index (χ4n) is 2.62. The van der Waals surface area contributed by atoms with E-state index < -0.39 is 5.97 Å². The van der Waals surface area contributed by atoms with Gasteiger partial charge >= 0.3 is 5.97 Å². The van der Waals surface area contributed by atoms with Gasteiger partial charge in [0.05, 0.1) is 12.7 Å². The second-order valence-corrected chi connectivity index (χ2v) is 8.69. The molecule has 0 atom stereocenters. The number of ether oxygens (including phenoxy) is 2. The van der Waals surface area contributed by atoms with Crippen molar-refractivity contribution in [1.29, 1.82) is 0 Å². The van der Waals surface area contributed by atoms with Crippen molar-refractivity contribution < 1.29 is 19.1 Å². The van der Waals surface area contributed by atoms with E-state index in [9.17, 15) is 9.59 Å². The molecule has 1 aromatic heterocycles. The van der Waals surface area contributed by atoms with Crippen LogP contribution >= 0.6 is 27.3 Å². The second kappa shape index (κ2) is 8.89. The number of carbonyl (C=O) groups excluding carboxylic acids is 2. The van der Waals surface area contributed by atoms with E-state index in [1.807, 2.05) is 32.9 Å². The standard InChI is InChI=1S/C20H24BrNO4S/c1-10(2)14-8-15(21)11(3)7-16(14)26-9-17(23)22-19-18(20(24)25-6)12(4)13(5)27-19/h7-8,10H,9H2,1-6H3,(H,22,23). The number of amides is 1. The number of methoxy groups -OCH3 is 1. The summed E-state index contributed by atoms with van der Waals surface area (Å²) in [5.41, 5.74) is 3.27. The molecule has 0 aliphatic carbocycles. The van der Waals surface area contributed by atoms with Gasteiger partial charge in [-0.25, -0.2) is 4.79 Å². The zero-order chi connectivity index (χ0) is 20.3. The highest BCUT2D eigenvalue weighted by molar-refractivity contribution is 9.10. The van der Waals surface area contributed by atoms with Crippen LogP contribution in [0.4, 0.5) is 5.00 Å². The largest absolute Gasteiger partial charge is 0.483 e. The molecule has 0 fully saturated rings. The van der Waals surface area contributed by atoms with Crippen LogP contribution in [-0.4, -0.2) is 25.6 Å². The highest BCUT2D eigenvalue weighted by Crippen LogP contribution is 2.34. The topological polar surface area (TPSA) is 64.6 Å². The van der Waals surface area contributed by atoms with Crippen molar-refractivity contribution >= 4 is 44.1 Å². The van der Waals surface area contributed by atoms with Crippen LogP contribution in [0.3, 0.4) is 0 Å². The molecular weight excluding hydrogens is 430 g/mol. The molecule has 0 saturated carbocycles. The van der Waals surface area contributed by atoms with E-state index in [-0.39, 0.29) is 18.4 Å². The Morgan fingerprint density at radius 2 is 1.89 bits per heavy atom. The lowest BCUT2D eigenvalue weighted by Crippen LogP contribution is -2.21. The Morgan fingerprint density at radius 1 is 1.22 bits per heavy atom. The summed E-state index contributed by atoms with van der Waals surface area (Å²) in [6, 6.07) is 3.95. The van der Waals surface area contributed by atoms with Crippen LogP contribution < -0.4 is 10.1 Å². The number of benzene rings is 1. The molecule has 0 aliphatic heterocycles. The number of nitrogens with one attached hydrogen (secondary N) is 1. The number of thiophene rings is 1. The minimum absolute atomic E-state index is 0.141. The Kier molecular flexibility index (Phi) is 7.06. The molecule has 1 aromatic carbocycles. The van der Waals surface area contributed by atoms with Crippen LogP contribution in [0.25, 0.3) is 0 Å². The Labute approximate surface area is 172 Å². The number of rotatable bonds is 6. The van der Waals surface area contributed by atoms with Crippen molar-refractivity contribution in [2.75, 3.05) is 19.0 Å². The van der Waals surface area contributed by atoms with E-state index in [4.69, 9.17) is 9.47 Å². The first-order valence-electron chi connectivity index (χ1n) is 8.56. The summed E-state index contributed by atoms with van der Waals surface area (Å²) < 4.78 is 11.6. The molecule has 0 unspecified atom stereocenters. The lowest BCUT2D eigenvalue weighted by molar-refractivity contribution is -0.118. The number of aryl methyl sites for hydroxylation is 2. The molecule has 1 N–H and O–H groups in total. The van der Waals surface area contributed by atoms with Crippen molar-refractivity contribution in [2.45, 2.75) is 40.5 Å². The first-order valence-corrected chi connectivity index (χ1v) is 10.2. The normalized spacial score (nSPS) is 10.8. The van der Waals surface area contributed by atoms with Gasteiger partial charge in [0.25, 0.3) is 5.91 Å². The molecule has 5 nitrogen and oxygen atoms in total. The first kappa shape index (κ1) is 21.4. The van der Waals surface area contributed by atoms with E-state index in [1.54, 1.807) is 0 Å². The molecule has 2 aromatic rings. The molecule has 0 saturated heterocycles. The Balaban J connectivity index is 2.16. The summed E-state index contributed by atoms with van der Waals surface area (Å²) in [6.07, 6.45) is 0. The zero-order valence-corrected chi connectivity index (χ0v) is 18.8. The molecule has 1 amide bonds. The summed E-state index contributed by atoms with van der Waals surface area (Å²) in [6.45, 7) is 9.72. The van der Waals surface area contributed by atoms with E-state index in [1.165, 1.54) is 18.4 Å². The number of hydrogen-bond donors (Lipinski definition) is 1. The molecule has 7 heteroatoms. The lowest BCUT2D eigenvalue weighted by Gasteiger charge is -2.16. The quantitative estimate of drug-likeness (QED) is 0.597. The highest BCUT2D eigenvalue weighted by atomic mass is 79.9. The van der Waals surface area contributed by atoms with Gasteiger partial charge in [-0.15, -0.1) is 11.3 Å². The number of carbonyl (C=O) groups is 2. The van der Waals surface area contributed by atoms with Gasteiger partial charge in [0, 0.05) is 9.35 Å². The molecule has 2 rings (SSSR count). The van der Waals surface area contributed by atoms with Crippen molar-refractivity contribution in [3.05, 3.63) is 43.7 Å². The van der Waals surface area contributed by atoms with E-state index in [0.29, 0.717) is 16.3 Å². The van der Waals surface area contributed by atoms with Gasteiger partial charge in [-0.1, -0.05) is 29.8 Å². The van der Waals surface area contributed by atoms with Gasteiger partial charge in [-0.05, 0) is 55.5 Å². The van der Waals surface area contributed by atoms with Gasteiger partial charge < -0.3 is 14.8 Å². The maximum absolute atomic E-state index is 12.4. The average molecular weight is 454 g/mol. The van der Waals surface area contributed by atoms with E-state index in [2.05, 4.69) is 35.1 Å². The van der Waals surface area contributed by atoms with Crippen molar-refractivity contribution in [3.63, 3.8) is 0 Å². The Morgan fingerprint density at radius 3 is 2.48 bits per heavy atom. The summed E-state index contributed by atoms with van der Waals surface area (Å²) in [5, 5.41) is 3.26. The van der Waals surface area contributed by atoms with Crippen molar-refractivity contribution in [1.82, 2.24) is 0 Å². The van der Waals surface area contributed by atoms with Gasteiger partial charge in [0.15, 0.2) is 6.61 Å². The van der Waals surface area contributed by atoms with Gasteiger partial charge in [0.2, 0.25) is 0 Å². The number of esters is 1. The molecule has 1 heterocycles. The zero-order valence-electron chi connectivity index (χ0n) is 16.4. The van der Waals surface area contributed by atoms with Crippen molar-refractivity contribution in [2.24, 2.45) is 0 Å². The Hall–Kier alpha value is -1.86. The third kappa shape index (κ3) is 4.90. The van der Waals surface area contributed by atoms with E-state index >= 15 is 0 Å². The minimum atomic E-state index is -0.460. The summed E-state index contributed by atoms with van der Waals surface area (Å²) in [5.74, 6) is 0.163. The maximum atomic E-state index is 12.4.